The maximum Gasteiger partial charge on any atom is 0.256 e. The number of fused-ring (bicyclic) bond motifs is 1. The quantitative estimate of drug-likeness (QED) is 0.947. The van der Waals surface area contributed by atoms with E-state index in [4.69, 9.17) is 0 Å². The van der Waals surface area contributed by atoms with Crippen LogP contribution in [0, 0.1) is 12.8 Å². The number of rotatable bonds is 3. The third-order valence-electron chi connectivity index (χ3n) is 5.03. The Balaban J connectivity index is 1.84. The Morgan fingerprint density at radius 3 is 2.65 bits per heavy atom. The molecular formula is C19H24N2O2. The third-order valence-corrected chi connectivity index (χ3v) is 5.03. The first-order valence-corrected chi connectivity index (χ1v) is 8.34. The van der Waals surface area contributed by atoms with Gasteiger partial charge in [-0.15, -0.1) is 0 Å². The number of hydrogen-bond acceptors (Lipinski definition) is 3. The van der Waals surface area contributed by atoms with Crippen LogP contribution in [0.25, 0.3) is 10.9 Å². The highest BCUT2D eigenvalue weighted by Gasteiger charge is 2.27. The number of pyridine rings is 1. The monoisotopic (exact) mass is 312 g/mol. The third kappa shape index (κ3) is 3.22. The van der Waals surface area contributed by atoms with Crippen molar-refractivity contribution in [3.8, 4) is 0 Å². The summed E-state index contributed by atoms with van der Waals surface area (Å²) in [5.74, 6) is 0.442. The Labute approximate surface area is 137 Å². The van der Waals surface area contributed by atoms with Crippen molar-refractivity contribution in [2.24, 2.45) is 5.92 Å². The smallest absolute Gasteiger partial charge is 0.256 e. The molecule has 1 N–H and O–H groups in total. The average Bonchev–Trinajstić information content (AvgIpc) is 2.60. The highest BCUT2D eigenvalue weighted by Crippen LogP contribution is 2.28. The number of aromatic nitrogens is 1. The fraction of sp³-hybridized carbons (Fsp3) is 0.474. The molecule has 0 bridgehead atoms. The van der Waals surface area contributed by atoms with Crippen LogP contribution >= 0.6 is 0 Å². The number of amides is 1. The zero-order valence-corrected chi connectivity index (χ0v) is 13.8. The SMILES string of the molecule is Cc1ccc2cccc(C(=O)N(C)C3CCC(CO)CC3)c2n1. The van der Waals surface area contributed by atoms with E-state index >= 15 is 0 Å². The molecule has 2 aromatic rings. The van der Waals surface area contributed by atoms with Gasteiger partial charge in [0.25, 0.3) is 5.91 Å². The Kier molecular flexibility index (Phi) is 4.62. The van der Waals surface area contributed by atoms with Gasteiger partial charge < -0.3 is 10.0 Å². The highest BCUT2D eigenvalue weighted by molar-refractivity contribution is 6.05. The van der Waals surface area contributed by atoms with Gasteiger partial charge in [0.2, 0.25) is 0 Å². The van der Waals surface area contributed by atoms with Crippen LogP contribution in [0.1, 0.15) is 41.7 Å². The summed E-state index contributed by atoms with van der Waals surface area (Å²) in [6.45, 7) is 2.21. The summed E-state index contributed by atoms with van der Waals surface area (Å²) in [4.78, 5) is 19.4. The van der Waals surface area contributed by atoms with E-state index in [1.807, 2.05) is 49.2 Å². The number of aryl methyl sites for hydroxylation is 1. The first-order chi connectivity index (χ1) is 11.1. The maximum absolute atomic E-state index is 13.0. The lowest BCUT2D eigenvalue weighted by Gasteiger charge is -2.34. The lowest BCUT2D eigenvalue weighted by Crippen LogP contribution is -2.40. The Hall–Kier alpha value is -1.94. The molecule has 1 fully saturated rings. The van der Waals surface area contributed by atoms with Gasteiger partial charge in [-0.1, -0.05) is 18.2 Å². The first-order valence-electron chi connectivity index (χ1n) is 8.34. The molecule has 0 radical (unpaired) electrons. The van der Waals surface area contributed by atoms with Crippen molar-refractivity contribution in [2.45, 2.75) is 38.6 Å². The van der Waals surface area contributed by atoms with E-state index < -0.39 is 0 Å². The molecule has 23 heavy (non-hydrogen) atoms. The molecule has 1 aliphatic carbocycles. The summed E-state index contributed by atoms with van der Waals surface area (Å²) in [5.41, 5.74) is 2.38. The number of carbonyl (C=O) groups excluding carboxylic acids is 1. The van der Waals surface area contributed by atoms with Crippen molar-refractivity contribution in [2.75, 3.05) is 13.7 Å². The lowest BCUT2D eigenvalue weighted by molar-refractivity contribution is 0.0654. The maximum atomic E-state index is 13.0. The van der Waals surface area contributed by atoms with Crippen molar-refractivity contribution in [3.63, 3.8) is 0 Å². The number of nitrogens with zero attached hydrogens (tertiary/aromatic N) is 2. The minimum atomic E-state index is 0.0427. The minimum absolute atomic E-state index is 0.0427. The minimum Gasteiger partial charge on any atom is -0.396 e. The second kappa shape index (κ2) is 6.67. The number of carbonyl (C=O) groups is 1. The molecule has 4 nitrogen and oxygen atoms in total. The lowest BCUT2D eigenvalue weighted by atomic mass is 9.86. The van der Waals surface area contributed by atoms with E-state index in [1.54, 1.807) is 0 Å². The van der Waals surface area contributed by atoms with E-state index in [-0.39, 0.29) is 18.6 Å². The van der Waals surface area contributed by atoms with Gasteiger partial charge in [0.1, 0.15) is 0 Å². The zero-order valence-electron chi connectivity index (χ0n) is 13.8. The summed E-state index contributed by atoms with van der Waals surface area (Å²) in [7, 11) is 1.89. The largest absolute Gasteiger partial charge is 0.396 e. The van der Waals surface area contributed by atoms with Gasteiger partial charge in [-0.3, -0.25) is 9.78 Å². The normalized spacial score (nSPS) is 21.3. The molecule has 1 saturated carbocycles. The molecule has 1 aromatic heterocycles. The summed E-state index contributed by atoms with van der Waals surface area (Å²) in [6.07, 6.45) is 3.91. The summed E-state index contributed by atoms with van der Waals surface area (Å²) in [6, 6.07) is 10.0. The van der Waals surface area contributed by atoms with E-state index in [9.17, 15) is 9.90 Å². The van der Waals surface area contributed by atoms with E-state index in [0.29, 0.717) is 11.5 Å². The molecular weight excluding hydrogens is 288 g/mol. The van der Waals surface area contributed by atoms with Gasteiger partial charge in [-0.05, 0) is 50.7 Å². The number of aliphatic hydroxyl groups is 1. The molecule has 0 atom stereocenters. The second-order valence-electron chi connectivity index (χ2n) is 6.60. The molecule has 1 amide bonds. The first kappa shape index (κ1) is 15.9. The average molecular weight is 312 g/mol. The molecule has 0 saturated heterocycles. The number of aliphatic hydroxyl groups excluding tert-OH is 1. The van der Waals surface area contributed by atoms with Gasteiger partial charge in [0.05, 0.1) is 11.1 Å². The highest BCUT2D eigenvalue weighted by atomic mass is 16.3. The molecule has 0 spiro atoms. The van der Waals surface area contributed by atoms with Crippen LogP contribution in [0.3, 0.4) is 0 Å². The van der Waals surface area contributed by atoms with Crippen LogP contribution in [-0.4, -0.2) is 40.6 Å². The van der Waals surface area contributed by atoms with Gasteiger partial charge in [-0.2, -0.15) is 0 Å². The van der Waals surface area contributed by atoms with Crippen LogP contribution in [0.15, 0.2) is 30.3 Å². The summed E-state index contributed by atoms with van der Waals surface area (Å²) >= 11 is 0. The van der Waals surface area contributed by atoms with Gasteiger partial charge >= 0.3 is 0 Å². The van der Waals surface area contributed by atoms with E-state index in [1.165, 1.54) is 0 Å². The van der Waals surface area contributed by atoms with Gasteiger partial charge in [-0.25, -0.2) is 0 Å². The van der Waals surface area contributed by atoms with Crippen LogP contribution in [0.5, 0.6) is 0 Å². The molecule has 0 unspecified atom stereocenters. The van der Waals surface area contributed by atoms with Gasteiger partial charge in [0, 0.05) is 30.8 Å². The van der Waals surface area contributed by atoms with E-state index in [0.717, 1.165) is 42.3 Å². The predicted octanol–water partition coefficient (Wildman–Crippen LogP) is 3.17. The van der Waals surface area contributed by atoms with Crippen LogP contribution in [-0.2, 0) is 0 Å². The van der Waals surface area contributed by atoms with Crippen LogP contribution in [0.2, 0.25) is 0 Å². The Morgan fingerprint density at radius 1 is 1.22 bits per heavy atom. The summed E-state index contributed by atoms with van der Waals surface area (Å²) in [5, 5.41) is 10.3. The predicted molar refractivity (Wildman–Crippen MR) is 91.4 cm³/mol. The number of benzene rings is 1. The Morgan fingerprint density at radius 2 is 1.96 bits per heavy atom. The van der Waals surface area contributed by atoms with Crippen molar-refractivity contribution in [1.82, 2.24) is 9.88 Å². The molecule has 122 valence electrons. The van der Waals surface area contributed by atoms with Crippen molar-refractivity contribution in [3.05, 3.63) is 41.6 Å². The van der Waals surface area contributed by atoms with Crippen LogP contribution in [0.4, 0.5) is 0 Å². The fourth-order valence-corrected chi connectivity index (χ4v) is 3.49. The van der Waals surface area contributed by atoms with Crippen molar-refractivity contribution in [1.29, 1.82) is 0 Å². The van der Waals surface area contributed by atoms with Crippen LogP contribution < -0.4 is 0 Å². The molecule has 1 aromatic carbocycles. The number of para-hydroxylation sites is 1. The fourth-order valence-electron chi connectivity index (χ4n) is 3.49. The number of hydrogen-bond donors (Lipinski definition) is 1. The molecule has 1 heterocycles. The Bertz CT molecular complexity index is 706. The second-order valence-corrected chi connectivity index (χ2v) is 6.60. The molecule has 1 aliphatic rings. The summed E-state index contributed by atoms with van der Waals surface area (Å²) < 4.78 is 0. The zero-order chi connectivity index (χ0) is 16.4. The topological polar surface area (TPSA) is 53.4 Å². The van der Waals surface area contributed by atoms with E-state index in [2.05, 4.69) is 4.98 Å². The van der Waals surface area contributed by atoms with Crippen molar-refractivity contribution < 1.29 is 9.90 Å². The molecule has 4 heteroatoms. The molecule has 0 aliphatic heterocycles. The standard InChI is InChI=1S/C19H24N2O2/c1-13-6-9-15-4-3-5-17(18(15)20-13)19(23)21(2)16-10-7-14(12-22)8-11-16/h3-6,9,14,16,22H,7-8,10-12H2,1-2H3. The van der Waals surface area contributed by atoms with Gasteiger partial charge in [0.15, 0.2) is 0 Å². The van der Waals surface area contributed by atoms with Crippen molar-refractivity contribution >= 4 is 16.8 Å². The molecule has 3 rings (SSSR count).